The lowest BCUT2D eigenvalue weighted by molar-refractivity contribution is -0.385. The lowest BCUT2D eigenvalue weighted by Gasteiger charge is -2.14. The zero-order valence-electron chi connectivity index (χ0n) is 16.9. The summed E-state index contributed by atoms with van der Waals surface area (Å²) in [6.45, 7) is 0. The van der Waals surface area contributed by atoms with Crippen LogP contribution in [0.5, 0.6) is 17.4 Å². The number of pyridine rings is 1. The van der Waals surface area contributed by atoms with E-state index in [-0.39, 0.29) is 17.5 Å². The number of halogens is 1. The summed E-state index contributed by atoms with van der Waals surface area (Å²) in [4.78, 5) is 29.0. The molecule has 3 aromatic rings. The van der Waals surface area contributed by atoms with Gasteiger partial charge in [-0.2, -0.15) is 0 Å². The molecule has 0 unspecified atom stereocenters. The number of thiocarbonyl (C=S) groups is 1. The van der Waals surface area contributed by atoms with Crippen LogP contribution >= 0.6 is 35.6 Å². The molecule has 4 rings (SSSR count). The van der Waals surface area contributed by atoms with Crippen LogP contribution in [0.4, 0.5) is 11.4 Å². The Labute approximate surface area is 202 Å². The number of methoxy groups -OCH3 is 1. The minimum Gasteiger partial charge on any atom is -0.493 e. The van der Waals surface area contributed by atoms with Gasteiger partial charge in [0.05, 0.1) is 22.6 Å². The quantitative estimate of drug-likeness (QED) is 0.180. The highest BCUT2D eigenvalue weighted by Crippen LogP contribution is 2.38. The summed E-state index contributed by atoms with van der Waals surface area (Å²) >= 11 is 12.5. The highest BCUT2D eigenvalue weighted by Gasteiger charge is 2.33. The van der Waals surface area contributed by atoms with Gasteiger partial charge in [-0.3, -0.25) is 19.8 Å². The predicted octanol–water partition coefficient (Wildman–Crippen LogP) is 5.85. The number of amides is 1. The van der Waals surface area contributed by atoms with Gasteiger partial charge in [-0.05, 0) is 48.0 Å². The van der Waals surface area contributed by atoms with Gasteiger partial charge in [-0.25, -0.2) is 4.98 Å². The Bertz CT molecular complexity index is 1280. The lowest BCUT2D eigenvalue weighted by Crippen LogP contribution is -2.27. The summed E-state index contributed by atoms with van der Waals surface area (Å²) in [5, 5.41) is 11.3. The van der Waals surface area contributed by atoms with E-state index in [0.717, 1.165) is 6.20 Å². The number of carbonyl (C=O) groups is 1. The molecule has 1 fully saturated rings. The van der Waals surface area contributed by atoms with Crippen LogP contribution in [0.1, 0.15) is 5.56 Å². The van der Waals surface area contributed by atoms with E-state index >= 15 is 0 Å². The molecule has 33 heavy (non-hydrogen) atoms. The topological polar surface area (TPSA) is 94.8 Å². The number of thioether (sulfide) groups is 1. The third kappa shape index (κ3) is 4.98. The molecule has 0 saturated carbocycles. The van der Waals surface area contributed by atoms with Crippen LogP contribution < -0.4 is 14.4 Å². The lowest BCUT2D eigenvalue weighted by atomic mass is 10.2. The van der Waals surface area contributed by atoms with Gasteiger partial charge in [-0.15, -0.1) is 0 Å². The molecule has 2 aromatic carbocycles. The number of nitro groups is 1. The number of hydrogen-bond donors (Lipinski definition) is 0. The molecule has 0 atom stereocenters. The van der Waals surface area contributed by atoms with E-state index in [1.807, 2.05) is 0 Å². The molecule has 0 bridgehead atoms. The molecule has 1 aliphatic heterocycles. The standard InChI is InChI=1S/C22H14ClN3O5S2/c1-30-18-10-13(2-8-17(18)31-20-9-7-16(12-24-20)26(28)29)11-19-21(27)25(22(32)33-19)15-5-3-14(23)4-6-15/h2-12H,1H3/b19-11-. The third-order valence-electron chi connectivity index (χ3n) is 4.51. The van der Waals surface area contributed by atoms with Gasteiger partial charge >= 0.3 is 0 Å². The molecule has 0 radical (unpaired) electrons. The molecular formula is C22H14ClN3O5S2. The van der Waals surface area contributed by atoms with Crippen LogP contribution in [0.25, 0.3) is 6.08 Å². The van der Waals surface area contributed by atoms with E-state index in [9.17, 15) is 14.9 Å². The molecule has 1 saturated heterocycles. The van der Waals surface area contributed by atoms with E-state index in [0.29, 0.717) is 37.0 Å². The number of carbonyl (C=O) groups excluding carboxylic acids is 1. The predicted molar refractivity (Wildman–Crippen MR) is 131 cm³/mol. The SMILES string of the molecule is COc1cc(/C=C2\SC(=S)N(c3ccc(Cl)cc3)C2=O)ccc1Oc1ccc([N+](=O)[O-])cn1. The van der Waals surface area contributed by atoms with Crippen molar-refractivity contribution >= 4 is 63.3 Å². The minimum absolute atomic E-state index is 0.138. The Morgan fingerprint density at radius 2 is 1.91 bits per heavy atom. The second-order valence-electron chi connectivity index (χ2n) is 6.62. The van der Waals surface area contributed by atoms with Gasteiger partial charge in [0, 0.05) is 17.2 Å². The molecular weight excluding hydrogens is 486 g/mol. The summed E-state index contributed by atoms with van der Waals surface area (Å²) in [7, 11) is 1.48. The Morgan fingerprint density at radius 1 is 1.15 bits per heavy atom. The van der Waals surface area contributed by atoms with Crippen molar-refractivity contribution in [2.24, 2.45) is 0 Å². The fourth-order valence-corrected chi connectivity index (χ4v) is 4.37. The fraction of sp³-hybridized carbons (Fsp3) is 0.0455. The van der Waals surface area contributed by atoms with Crippen molar-refractivity contribution in [1.29, 1.82) is 0 Å². The molecule has 11 heteroatoms. The van der Waals surface area contributed by atoms with E-state index < -0.39 is 4.92 Å². The molecule has 8 nitrogen and oxygen atoms in total. The van der Waals surface area contributed by atoms with Crippen LogP contribution in [0, 0.1) is 10.1 Å². The van der Waals surface area contributed by atoms with Crippen LogP contribution in [-0.4, -0.2) is 27.2 Å². The van der Waals surface area contributed by atoms with Gasteiger partial charge in [0.1, 0.15) is 6.20 Å². The summed E-state index contributed by atoms with van der Waals surface area (Å²) in [6, 6.07) is 14.7. The van der Waals surface area contributed by atoms with Gasteiger partial charge in [-0.1, -0.05) is 41.6 Å². The van der Waals surface area contributed by atoms with Crippen LogP contribution in [0.3, 0.4) is 0 Å². The highest BCUT2D eigenvalue weighted by atomic mass is 35.5. The maximum atomic E-state index is 12.9. The first-order valence-electron chi connectivity index (χ1n) is 9.35. The number of ether oxygens (including phenoxy) is 2. The second-order valence-corrected chi connectivity index (χ2v) is 8.73. The van der Waals surface area contributed by atoms with Gasteiger partial charge in [0.25, 0.3) is 11.6 Å². The van der Waals surface area contributed by atoms with Crippen molar-refractivity contribution in [3.63, 3.8) is 0 Å². The molecule has 166 valence electrons. The van der Waals surface area contributed by atoms with Crippen molar-refractivity contribution in [2.75, 3.05) is 12.0 Å². The largest absolute Gasteiger partial charge is 0.493 e. The number of benzene rings is 2. The summed E-state index contributed by atoms with van der Waals surface area (Å²) in [5.74, 6) is 0.707. The first kappa shape index (κ1) is 22.7. The van der Waals surface area contributed by atoms with Crippen molar-refractivity contribution in [3.05, 3.63) is 86.4 Å². The number of aromatic nitrogens is 1. The minimum atomic E-state index is -0.540. The molecule has 0 aliphatic carbocycles. The normalized spacial score (nSPS) is 14.6. The van der Waals surface area contributed by atoms with Crippen molar-refractivity contribution in [1.82, 2.24) is 4.98 Å². The first-order valence-corrected chi connectivity index (χ1v) is 11.0. The Hall–Kier alpha value is -3.47. The average Bonchev–Trinajstić information content (AvgIpc) is 3.08. The van der Waals surface area contributed by atoms with Crippen LogP contribution in [0.2, 0.25) is 5.02 Å². The third-order valence-corrected chi connectivity index (χ3v) is 6.06. The van der Waals surface area contributed by atoms with E-state index in [2.05, 4.69) is 4.98 Å². The van der Waals surface area contributed by atoms with E-state index in [4.69, 9.17) is 33.3 Å². The van der Waals surface area contributed by atoms with Gasteiger partial charge < -0.3 is 9.47 Å². The van der Waals surface area contributed by atoms with Gasteiger partial charge in [0.15, 0.2) is 15.8 Å². The Morgan fingerprint density at radius 3 is 2.55 bits per heavy atom. The summed E-state index contributed by atoms with van der Waals surface area (Å²) in [6.07, 6.45) is 2.82. The molecule has 0 spiro atoms. The monoisotopic (exact) mass is 499 g/mol. The Balaban J connectivity index is 1.56. The number of anilines is 1. The van der Waals surface area contributed by atoms with Crippen LogP contribution in [-0.2, 0) is 4.79 Å². The molecule has 1 amide bonds. The highest BCUT2D eigenvalue weighted by molar-refractivity contribution is 8.27. The fourth-order valence-electron chi connectivity index (χ4n) is 2.94. The molecule has 1 aromatic heterocycles. The smallest absolute Gasteiger partial charge is 0.287 e. The maximum absolute atomic E-state index is 12.9. The molecule has 0 N–H and O–H groups in total. The number of nitrogens with zero attached hydrogens (tertiary/aromatic N) is 3. The van der Waals surface area contributed by atoms with Crippen molar-refractivity contribution < 1.29 is 19.2 Å². The van der Waals surface area contributed by atoms with E-state index in [1.165, 1.54) is 35.9 Å². The molecule has 2 heterocycles. The maximum Gasteiger partial charge on any atom is 0.287 e. The first-order chi connectivity index (χ1) is 15.9. The zero-order chi connectivity index (χ0) is 23.5. The Kier molecular flexibility index (Phi) is 6.59. The van der Waals surface area contributed by atoms with Crippen molar-refractivity contribution in [3.8, 4) is 17.4 Å². The van der Waals surface area contributed by atoms with Crippen molar-refractivity contribution in [2.45, 2.75) is 0 Å². The summed E-state index contributed by atoms with van der Waals surface area (Å²) in [5.41, 5.74) is 1.20. The summed E-state index contributed by atoms with van der Waals surface area (Å²) < 4.78 is 11.5. The van der Waals surface area contributed by atoms with Crippen LogP contribution in [0.15, 0.2) is 65.7 Å². The number of rotatable bonds is 6. The average molecular weight is 500 g/mol. The van der Waals surface area contributed by atoms with E-state index in [1.54, 1.807) is 48.5 Å². The second kappa shape index (κ2) is 9.57. The zero-order valence-corrected chi connectivity index (χ0v) is 19.3. The number of hydrogen-bond acceptors (Lipinski definition) is 8. The van der Waals surface area contributed by atoms with Gasteiger partial charge in [0.2, 0.25) is 5.88 Å². The molecule has 1 aliphatic rings.